The van der Waals surface area contributed by atoms with E-state index < -0.39 is 0 Å². The molecule has 0 radical (unpaired) electrons. The molecule has 1 aliphatic heterocycles. The number of likely N-dealkylation sites (N-methyl/N-ethyl adjacent to an activating group) is 1. The number of ketones is 1. The maximum atomic E-state index is 12.7. The van der Waals surface area contributed by atoms with Crippen LogP contribution < -0.4 is 0 Å². The molecule has 0 N–H and O–H groups in total. The van der Waals surface area contributed by atoms with Crippen molar-refractivity contribution in [2.24, 2.45) is 0 Å². The maximum Gasteiger partial charge on any atom is 0.254 e. The largest absolute Gasteiger partial charge is 0.336 e. The van der Waals surface area contributed by atoms with E-state index in [2.05, 4.69) is 18.9 Å². The monoisotopic (exact) mass is 272 g/mol. The van der Waals surface area contributed by atoms with Gasteiger partial charge >= 0.3 is 0 Å². The molecule has 1 saturated heterocycles. The molecule has 2 aliphatic rings. The van der Waals surface area contributed by atoms with Crippen molar-refractivity contribution in [3.63, 3.8) is 0 Å². The van der Waals surface area contributed by atoms with Crippen LogP contribution in [0.1, 0.15) is 39.6 Å². The van der Waals surface area contributed by atoms with E-state index in [9.17, 15) is 9.59 Å². The van der Waals surface area contributed by atoms with E-state index >= 15 is 0 Å². The molecule has 1 amide bonds. The van der Waals surface area contributed by atoms with E-state index in [4.69, 9.17) is 0 Å². The summed E-state index contributed by atoms with van der Waals surface area (Å²) in [7, 11) is 2.09. The number of rotatable bonds is 1. The molecular weight excluding hydrogens is 252 g/mol. The molecule has 0 bridgehead atoms. The van der Waals surface area contributed by atoms with Gasteiger partial charge in [0.25, 0.3) is 5.91 Å². The third-order valence-electron chi connectivity index (χ3n) is 4.56. The molecule has 4 heteroatoms. The maximum absolute atomic E-state index is 12.7. The minimum absolute atomic E-state index is 0.0801. The van der Waals surface area contributed by atoms with Crippen molar-refractivity contribution >= 4 is 11.7 Å². The number of nitrogens with zero attached hydrogens (tertiary/aromatic N) is 2. The Bertz CT molecular complexity index is 568. The molecule has 1 aromatic carbocycles. The zero-order valence-electron chi connectivity index (χ0n) is 12.1. The molecule has 0 aromatic heterocycles. The van der Waals surface area contributed by atoms with Gasteiger partial charge in [0.2, 0.25) is 0 Å². The topological polar surface area (TPSA) is 40.6 Å². The number of carbonyl (C=O) groups is 2. The smallest absolute Gasteiger partial charge is 0.254 e. The molecule has 1 aromatic rings. The number of amides is 1. The van der Waals surface area contributed by atoms with Gasteiger partial charge in [0.05, 0.1) is 0 Å². The lowest BCUT2D eigenvalue weighted by molar-refractivity contribution is 0.0571. The van der Waals surface area contributed by atoms with Crippen LogP contribution in [-0.4, -0.2) is 54.2 Å². The fraction of sp³-hybridized carbons (Fsp3) is 0.500. The van der Waals surface area contributed by atoms with Crippen LogP contribution in [0.5, 0.6) is 0 Å². The quantitative estimate of drug-likeness (QED) is 0.779. The number of hydrogen-bond acceptors (Lipinski definition) is 3. The highest BCUT2D eigenvalue weighted by molar-refractivity contribution is 6.05. The Morgan fingerprint density at radius 3 is 2.80 bits per heavy atom. The second-order valence-electron chi connectivity index (χ2n) is 5.84. The van der Waals surface area contributed by atoms with Crippen LogP contribution in [0, 0.1) is 0 Å². The number of Topliss-reactive ketones (excluding diaryl/α,β-unsaturated/α-hetero) is 1. The Labute approximate surface area is 119 Å². The number of benzene rings is 1. The second kappa shape index (κ2) is 5.02. The zero-order chi connectivity index (χ0) is 14.3. The second-order valence-corrected chi connectivity index (χ2v) is 5.84. The van der Waals surface area contributed by atoms with E-state index in [0.717, 1.165) is 36.3 Å². The lowest BCUT2D eigenvalue weighted by atomic mass is 10.0. The minimum atomic E-state index is 0.0801. The first-order valence-electron chi connectivity index (χ1n) is 7.22. The Kier molecular flexibility index (Phi) is 3.34. The summed E-state index contributed by atoms with van der Waals surface area (Å²) < 4.78 is 0. The van der Waals surface area contributed by atoms with Gasteiger partial charge in [-0.3, -0.25) is 9.59 Å². The van der Waals surface area contributed by atoms with E-state index in [1.165, 1.54) is 0 Å². The summed E-state index contributed by atoms with van der Waals surface area (Å²) in [5, 5.41) is 0. The van der Waals surface area contributed by atoms with Gasteiger partial charge < -0.3 is 9.80 Å². The van der Waals surface area contributed by atoms with Crippen LogP contribution in [0.15, 0.2) is 18.2 Å². The van der Waals surface area contributed by atoms with E-state index in [-0.39, 0.29) is 11.7 Å². The van der Waals surface area contributed by atoms with Gasteiger partial charge in [0, 0.05) is 43.2 Å². The van der Waals surface area contributed by atoms with Gasteiger partial charge in [0.1, 0.15) is 0 Å². The molecular formula is C16H20N2O2. The summed E-state index contributed by atoms with van der Waals surface area (Å²) >= 11 is 0. The third kappa shape index (κ3) is 2.14. The molecule has 1 heterocycles. The number of hydrogen-bond donors (Lipinski definition) is 0. The number of piperazine rings is 1. The summed E-state index contributed by atoms with van der Waals surface area (Å²) in [4.78, 5) is 28.7. The van der Waals surface area contributed by atoms with Gasteiger partial charge in [-0.2, -0.15) is 0 Å². The van der Waals surface area contributed by atoms with Gasteiger partial charge in [0.15, 0.2) is 5.78 Å². The van der Waals surface area contributed by atoms with Crippen LogP contribution in [-0.2, 0) is 6.42 Å². The summed E-state index contributed by atoms with van der Waals surface area (Å²) in [6, 6.07) is 5.91. The van der Waals surface area contributed by atoms with E-state index in [0.29, 0.717) is 18.9 Å². The molecule has 0 spiro atoms. The SMILES string of the molecule is C[C@@H]1CN(C(=O)c2cccc3c2CCC3=O)CCN1C. The van der Waals surface area contributed by atoms with Crippen LogP contribution >= 0.6 is 0 Å². The molecule has 1 aliphatic carbocycles. The first kappa shape index (κ1) is 13.3. The Hall–Kier alpha value is -1.68. The fourth-order valence-corrected chi connectivity index (χ4v) is 3.09. The lowest BCUT2D eigenvalue weighted by Crippen LogP contribution is -2.52. The third-order valence-corrected chi connectivity index (χ3v) is 4.56. The molecule has 106 valence electrons. The van der Waals surface area contributed by atoms with Crippen LogP contribution in [0.25, 0.3) is 0 Å². The standard InChI is InChI=1S/C16H20N2O2/c1-11-10-18(9-8-17(11)2)16(20)14-5-3-4-13-12(14)6-7-15(13)19/h3-5,11H,6-10H2,1-2H3/t11-/m1/s1. The first-order valence-corrected chi connectivity index (χ1v) is 7.22. The van der Waals surface area contributed by atoms with Crippen molar-refractivity contribution in [2.75, 3.05) is 26.7 Å². The van der Waals surface area contributed by atoms with Crippen LogP contribution in [0.2, 0.25) is 0 Å². The molecule has 1 fully saturated rings. The average Bonchev–Trinajstić information content (AvgIpc) is 2.83. The zero-order valence-corrected chi connectivity index (χ0v) is 12.1. The normalized spacial score (nSPS) is 23.0. The molecule has 0 saturated carbocycles. The fourth-order valence-electron chi connectivity index (χ4n) is 3.09. The summed E-state index contributed by atoms with van der Waals surface area (Å²) in [6.07, 6.45) is 1.25. The van der Waals surface area contributed by atoms with Gasteiger partial charge in [-0.05, 0) is 32.0 Å². The highest BCUT2D eigenvalue weighted by Gasteiger charge is 2.29. The molecule has 4 nitrogen and oxygen atoms in total. The van der Waals surface area contributed by atoms with Crippen molar-refractivity contribution in [3.8, 4) is 0 Å². The van der Waals surface area contributed by atoms with E-state index in [1.807, 2.05) is 23.1 Å². The Balaban J connectivity index is 1.87. The predicted octanol–water partition coefficient (Wildman–Crippen LogP) is 1.59. The van der Waals surface area contributed by atoms with Crippen LogP contribution in [0.3, 0.4) is 0 Å². The van der Waals surface area contributed by atoms with Crippen LogP contribution in [0.4, 0.5) is 0 Å². The van der Waals surface area contributed by atoms with E-state index in [1.54, 1.807) is 0 Å². The predicted molar refractivity (Wildman–Crippen MR) is 77.1 cm³/mol. The Morgan fingerprint density at radius 2 is 2.05 bits per heavy atom. The first-order chi connectivity index (χ1) is 9.58. The highest BCUT2D eigenvalue weighted by atomic mass is 16.2. The summed E-state index contributed by atoms with van der Waals surface area (Å²) in [5.41, 5.74) is 2.43. The summed E-state index contributed by atoms with van der Waals surface area (Å²) in [6.45, 7) is 4.56. The number of carbonyl (C=O) groups excluding carboxylic acids is 2. The van der Waals surface area contributed by atoms with Gasteiger partial charge in [-0.1, -0.05) is 12.1 Å². The van der Waals surface area contributed by atoms with Crippen molar-refractivity contribution in [1.29, 1.82) is 0 Å². The highest BCUT2D eigenvalue weighted by Crippen LogP contribution is 2.26. The van der Waals surface area contributed by atoms with Crippen molar-refractivity contribution in [2.45, 2.75) is 25.8 Å². The lowest BCUT2D eigenvalue weighted by Gasteiger charge is -2.37. The van der Waals surface area contributed by atoms with Gasteiger partial charge in [-0.25, -0.2) is 0 Å². The minimum Gasteiger partial charge on any atom is -0.336 e. The average molecular weight is 272 g/mol. The summed E-state index contributed by atoms with van der Waals surface area (Å²) in [5.74, 6) is 0.248. The molecule has 0 unspecified atom stereocenters. The molecule has 20 heavy (non-hydrogen) atoms. The van der Waals surface area contributed by atoms with Crippen molar-refractivity contribution < 1.29 is 9.59 Å². The Morgan fingerprint density at radius 1 is 1.25 bits per heavy atom. The molecule has 1 atom stereocenters. The van der Waals surface area contributed by atoms with Crippen molar-refractivity contribution in [1.82, 2.24) is 9.80 Å². The van der Waals surface area contributed by atoms with Gasteiger partial charge in [-0.15, -0.1) is 0 Å². The number of fused-ring (bicyclic) bond motifs is 1. The molecule has 3 rings (SSSR count). The van der Waals surface area contributed by atoms with Crippen molar-refractivity contribution in [3.05, 3.63) is 34.9 Å².